The summed E-state index contributed by atoms with van der Waals surface area (Å²) in [5.41, 5.74) is -0.852. The van der Waals surface area contributed by atoms with Crippen LogP contribution in [-0.2, 0) is 10.9 Å². The minimum atomic E-state index is -4.43. The van der Waals surface area contributed by atoms with Gasteiger partial charge in [0.05, 0.1) is 16.7 Å². The van der Waals surface area contributed by atoms with Crippen LogP contribution in [0.4, 0.5) is 19.0 Å². The molecule has 18 heavy (non-hydrogen) atoms. The maximum absolute atomic E-state index is 12.4. The number of nitrogens with zero attached hydrogens (tertiary/aromatic N) is 1. The predicted octanol–water partition coefficient (Wildman–Crippen LogP) is 3.34. The Kier molecular flexibility index (Phi) is 3.97. The van der Waals surface area contributed by atoms with Gasteiger partial charge in [-0.05, 0) is 18.9 Å². The first kappa shape index (κ1) is 13.4. The number of aromatic nitrogens is 1. The summed E-state index contributed by atoms with van der Waals surface area (Å²) < 4.78 is 42.6. The third-order valence-electron chi connectivity index (χ3n) is 2.69. The number of anilines is 1. The molecule has 0 spiro atoms. The Morgan fingerprint density at radius 2 is 2.28 bits per heavy atom. The lowest BCUT2D eigenvalue weighted by atomic mass is 10.2. The van der Waals surface area contributed by atoms with Crippen molar-refractivity contribution in [2.75, 3.05) is 18.5 Å². The zero-order chi connectivity index (χ0) is 13.2. The Morgan fingerprint density at radius 1 is 1.50 bits per heavy atom. The summed E-state index contributed by atoms with van der Waals surface area (Å²) in [6, 6.07) is 0.867. The number of rotatable bonds is 3. The highest BCUT2D eigenvalue weighted by Crippen LogP contribution is 2.32. The van der Waals surface area contributed by atoms with Gasteiger partial charge in [-0.25, -0.2) is 4.98 Å². The molecule has 3 nitrogen and oxygen atoms in total. The molecule has 100 valence electrons. The third-order valence-corrected chi connectivity index (χ3v) is 2.98. The van der Waals surface area contributed by atoms with Crippen molar-refractivity contribution in [2.24, 2.45) is 0 Å². The standard InChI is InChI=1S/C11H12ClF3N2O/c12-9-4-7(11(13,14)15)5-16-10(9)17-6-8-2-1-3-18-8/h4-5,8H,1-3,6H2,(H,16,17). The quantitative estimate of drug-likeness (QED) is 0.922. The maximum Gasteiger partial charge on any atom is 0.417 e. The van der Waals surface area contributed by atoms with Crippen molar-refractivity contribution in [1.82, 2.24) is 4.98 Å². The summed E-state index contributed by atoms with van der Waals surface area (Å²) in [4.78, 5) is 3.69. The van der Waals surface area contributed by atoms with E-state index in [9.17, 15) is 13.2 Å². The topological polar surface area (TPSA) is 34.2 Å². The Balaban J connectivity index is 2.01. The summed E-state index contributed by atoms with van der Waals surface area (Å²) in [6.45, 7) is 1.22. The van der Waals surface area contributed by atoms with Gasteiger partial charge in [0, 0.05) is 19.3 Å². The lowest BCUT2D eigenvalue weighted by molar-refractivity contribution is -0.137. The summed E-state index contributed by atoms with van der Waals surface area (Å²) >= 11 is 5.76. The van der Waals surface area contributed by atoms with Crippen LogP contribution in [0.15, 0.2) is 12.3 Å². The molecule has 0 aromatic carbocycles. The van der Waals surface area contributed by atoms with Crippen LogP contribution in [0.2, 0.25) is 5.02 Å². The lowest BCUT2D eigenvalue weighted by Gasteiger charge is -2.13. The molecule has 1 aliphatic heterocycles. The second-order valence-electron chi connectivity index (χ2n) is 4.07. The van der Waals surface area contributed by atoms with Crippen LogP contribution >= 0.6 is 11.6 Å². The normalized spacial score (nSPS) is 20.1. The van der Waals surface area contributed by atoms with Gasteiger partial charge in [-0.15, -0.1) is 0 Å². The molecule has 2 heterocycles. The summed E-state index contributed by atoms with van der Waals surface area (Å²) in [5, 5.41) is 2.86. The van der Waals surface area contributed by atoms with Gasteiger partial charge in [0.25, 0.3) is 0 Å². The molecular formula is C11H12ClF3N2O. The van der Waals surface area contributed by atoms with Crippen LogP contribution in [0.1, 0.15) is 18.4 Å². The summed E-state index contributed by atoms with van der Waals surface area (Å²) in [5.74, 6) is 0.250. The molecule has 1 saturated heterocycles. The van der Waals surface area contributed by atoms with Crippen LogP contribution in [-0.4, -0.2) is 24.2 Å². The molecule has 0 bridgehead atoms. The van der Waals surface area contributed by atoms with Crippen LogP contribution in [0.3, 0.4) is 0 Å². The van der Waals surface area contributed by atoms with Crippen molar-refractivity contribution < 1.29 is 17.9 Å². The van der Waals surface area contributed by atoms with Gasteiger partial charge in [-0.2, -0.15) is 13.2 Å². The molecule has 7 heteroatoms. The van der Waals surface area contributed by atoms with E-state index in [0.717, 1.165) is 31.7 Å². The first-order valence-electron chi connectivity index (χ1n) is 5.55. The van der Waals surface area contributed by atoms with Crippen LogP contribution in [0.25, 0.3) is 0 Å². The van der Waals surface area contributed by atoms with E-state index in [1.54, 1.807) is 0 Å². The molecule has 1 N–H and O–H groups in total. The molecule has 1 unspecified atom stereocenters. The van der Waals surface area contributed by atoms with E-state index in [1.165, 1.54) is 0 Å². The fraction of sp³-hybridized carbons (Fsp3) is 0.545. The first-order chi connectivity index (χ1) is 8.47. The van der Waals surface area contributed by atoms with Crippen LogP contribution < -0.4 is 5.32 Å². The molecule has 1 aliphatic rings. The fourth-order valence-corrected chi connectivity index (χ4v) is 1.97. The smallest absolute Gasteiger partial charge is 0.376 e. The summed E-state index contributed by atoms with van der Waals surface area (Å²) in [7, 11) is 0. The molecule has 0 aliphatic carbocycles. The third kappa shape index (κ3) is 3.26. The zero-order valence-electron chi connectivity index (χ0n) is 9.43. The molecule has 2 rings (SSSR count). The molecule has 0 radical (unpaired) electrons. The maximum atomic E-state index is 12.4. The zero-order valence-corrected chi connectivity index (χ0v) is 10.2. The van der Waals surface area contributed by atoms with Crippen LogP contribution in [0, 0.1) is 0 Å². The molecule has 1 atom stereocenters. The Hall–Kier alpha value is -1.01. The van der Waals surface area contributed by atoms with Gasteiger partial charge < -0.3 is 10.1 Å². The molecule has 1 fully saturated rings. The van der Waals surface area contributed by atoms with Crippen molar-refractivity contribution in [1.29, 1.82) is 0 Å². The largest absolute Gasteiger partial charge is 0.417 e. The summed E-state index contributed by atoms with van der Waals surface area (Å²) in [6.07, 6.45) is -1.65. The van der Waals surface area contributed by atoms with E-state index in [1.807, 2.05) is 0 Å². The van der Waals surface area contributed by atoms with E-state index >= 15 is 0 Å². The highest BCUT2D eigenvalue weighted by atomic mass is 35.5. The van der Waals surface area contributed by atoms with Crippen molar-refractivity contribution >= 4 is 17.4 Å². The van der Waals surface area contributed by atoms with Crippen molar-refractivity contribution in [3.63, 3.8) is 0 Å². The SMILES string of the molecule is FC(F)(F)c1cnc(NCC2CCCO2)c(Cl)c1. The van der Waals surface area contributed by atoms with Crippen molar-refractivity contribution in [2.45, 2.75) is 25.1 Å². The number of nitrogens with one attached hydrogen (secondary N) is 1. The van der Waals surface area contributed by atoms with E-state index in [2.05, 4.69) is 10.3 Å². The molecule has 1 aromatic heterocycles. The Morgan fingerprint density at radius 3 is 2.83 bits per heavy atom. The second kappa shape index (κ2) is 5.32. The highest BCUT2D eigenvalue weighted by molar-refractivity contribution is 6.32. The molecule has 1 aromatic rings. The number of halogens is 4. The molecule has 0 amide bonds. The van der Waals surface area contributed by atoms with Crippen LogP contribution in [0.5, 0.6) is 0 Å². The first-order valence-corrected chi connectivity index (χ1v) is 5.93. The van der Waals surface area contributed by atoms with Gasteiger partial charge in [-0.3, -0.25) is 0 Å². The van der Waals surface area contributed by atoms with Gasteiger partial charge >= 0.3 is 6.18 Å². The number of ether oxygens (including phenoxy) is 1. The minimum absolute atomic E-state index is 0.0391. The van der Waals surface area contributed by atoms with Crippen molar-refractivity contribution in [3.8, 4) is 0 Å². The highest BCUT2D eigenvalue weighted by Gasteiger charge is 2.31. The average molecular weight is 281 g/mol. The fourth-order valence-electron chi connectivity index (χ4n) is 1.74. The van der Waals surface area contributed by atoms with E-state index in [-0.39, 0.29) is 16.9 Å². The van der Waals surface area contributed by atoms with Gasteiger partial charge in [0.15, 0.2) is 0 Å². The predicted molar refractivity (Wildman–Crippen MR) is 61.7 cm³/mol. The van der Waals surface area contributed by atoms with E-state index in [0.29, 0.717) is 6.54 Å². The number of hydrogen-bond donors (Lipinski definition) is 1. The Bertz CT molecular complexity index is 419. The second-order valence-corrected chi connectivity index (χ2v) is 4.48. The Labute approximate surface area is 107 Å². The number of hydrogen-bond acceptors (Lipinski definition) is 3. The van der Waals surface area contributed by atoms with E-state index in [4.69, 9.17) is 16.3 Å². The average Bonchev–Trinajstić information content (AvgIpc) is 2.79. The van der Waals surface area contributed by atoms with Gasteiger partial charge in [-0.1, -0.05) is 11.6 Å². The van der Waals surface area contributed by atoms with Gasteiger partial charge in [0.2, 0.25) is 0 Å². The minimum Gasteiger partial charge on any atom is -0.376 e. The molecule has 0 saturated carbocycles. The van der Waals surface area contributed by atoms with Crippen molar-refractivity contribution in [3.05, 3.63) is 22.8 Å². The molecular weight excluding hydrogens is 269 g/mol. The monoisotopic (exact) mass is 280 g/mol. The van der Waals surface area contributed by atoms with E-state index < -0.39 is 11.7 Å². The number of alkyl halides is 3. The lowest BCUT2D eigenvalue weighted by Crippen LogP contribution is -2.19. The van der Waals surface area contributed by atoms with Gasteiger partial charge in [0.1, 0.15) is 5.82 Å². The number of pyridine rings is 1.